The molecule has 1 heterocycles. The molecular weight excluding hydrogens is 392 g/mol. The lowest BCUT2D eigenvalue weighted by molar-refractivity contribution is 0.0638. The van der Waals surface area contributed by atoms with Gasteiger partial charge in [0, 0.05) is 36.4 Å². The van der Waals surface area contributed by atoms with Gasteiger partial charge in [-0.2, -0.15) is 8.42 Å². The lowest BCUT2D eigenvalue weighted by Crippen LogP contribution is -2.37. The van der Waals surface area contributed by atoms with Gasteiger partial charge in [-0.25, -0.2) is 0 Å². The number of carbonyl (C=O) groups is 1. The van der Waals surface area contributed by atoms with Gasteiger partial charge in [-0.05, 0) is 45.4 Å². The minimum atomic E-state index is -3.72. The summed E-state index contributed by atoms with van der Waals surface area (Å²) in [5, 5.41) is 0. The van der Waals surface area contributed by atoms with Gasteiger partial charge in [-0.1, -0.05) is 13.0 Å². The maximum absolute atomic E-state index is 12.9. The van der Waals surface area contributed by atoms with Crippen molar-refractivity contribution in [3.63, 3.8) is 0 Å². The van der Waals surface area contributed by atoms with Crippen LogP contribution in [0.4, 0.5) is 5.69 Å². The Bertz CT molecular complexity index is 905. The van der Waals surface area contributed by atoms with Gasteiger partial charge in [0.05, 0.1) is 19.1 Å². The molecule has 0 radical (unpaired) electrons. The third kappa shape index (κ3) is 6.00. The van der Waals surface area contributed by atoms with Crippen molar-refractivity contribution in [3.8, 4) is 5.75 Å². The molecule has 0 fully saturated rings. The first-order valence-corrected chi connectivity index (χ1v) is 11.6. The predicted molar refractivity (Wildman–Crippen MR) is 114 cm³/mol. The van der Waals surface area contributed by atoms with Crippen LogP contribution in [0, 0.1) is 0 Å². The number of rotatable bonds is 10. The molecule has 1 aromatic carbocycles. The van der Waals surface area contributed by atoms with Crippen molar-refractivity contribution in [2.24, 2.45) is 0 Å². The molecule has 0 aliphatic carbocycles. The fourth-order valence-electron chi connectivity index (χ4n) is 3.07. The Hall–Kier alpha value is -2.48. The summed E-state index contributed by atoms with van der Waals surface area (Å²) in [6.45, 7) is 9.77. The van der Waals surface area contributed by atoms with Gasteiger partial charge in [0.25, 0.3) is 5.91 Å². The molecule has 2 aromatic rings. The highest BCUT2D eigenvalue weighted by Crippen LogP contribution is 2.29. The first-order chi connectivity index (χ1) is 13.7. The molecule has 1 amide bonds. The van der Waals surface area contributed by atoms with Crippen LogP contribution in [-0.4, -0.2) is 44.6 Å². The van der Waals surface area contributed by atoms with Crippen LogP contribution in [0.5, 0.6) is 5.75 Å². The van der Waals surface area contributed by atoms with Crippen molar-refractivity contribution < 1.29 is 21.8 Å². The van der Waals surface area contributed by atoms with Crippen molar-refractivity contribution in [1.82, 2.24) is 4.90 Å². The van der Waals surface area contributed by atoms with Gasteiger partial charge in [-0.3, -0.25) is 4.79 Å². The second-order valence-electron chi connectivity index (χ2n) is 6.92. The number of furan rings is 1. The molecule has 2 rings (SSSR count). The quantitative estimate of drug-likeness (QED) is 0.540. The molecule has 0 bridgehead atoms. The van der Waals surface area contributed by atoms with Gasteiger partial charge in [-0.15, -0.1) is 0 Å². The number of benzene rings is 1. The Labute approximate surface area is 173 Å². The monoisotopic (exact) mass is 422 g/mol. The van der Waals surface area contributed by atoms with E-state index < -0.39 is 10.1 Å². The molecule has 0 aliphatic heterocycles. The van der Waals surface area contributed by atoms with E-state index in [0.717, 1.165) is 31.5 Å². The molecule has 0 N–H and O–H groups in total. The largest absolute Gasteiger partial charge is 0.459 e. The number of anilines is 1. The number of hydrogen-bond donors (Lipinski definition) is 0. The van der Waals surface area contributed by atoms with Crippen LogP contribution in [0.3, 0.4) is 0 Å². The molecule has 0 aliphatic rings. The third-order valence-electron chi connectivity index (χ3n) is 4.88. The SMILES string of the molecule is CCC(C)N(Cc1ccc(N(CC)CC)cc1OS(C)(=O)=O)C(=O)c1ccco1. The molecule has 0 spiro atoms. The smallest absolute Gasteiger partial charge is 0.306 e. The van der Waals surface area contributed by atoms with E-state index >= 15 is 0 Å². The van der Waals surface area contributed by atoms with E-state index in [4.69, 9.17) is 8.60 Å². The summed E-state index contributed by atoms with van der Waals surface area (Å²) >= 11 is 0. The van der Waals surface area contributed by atoms with Crippen molar-refractivity contribution >= 4 is 21.7 Å². The summed E-state index contributed by atoms with van der Waals surface area (Å²) in [6, 6.07) is 8.67. The minimum Gasteiger partial charge on any atom is -0.459 e. The first kappa shape index (κ1) is 22.8. The van der Waals surface area contributed by atoms with Gasteiger partial charge in [0.1, 0.15) is 5.75 Å². The van der Waals surface area contributed by atoms with E-state index in [9.17, 15) is 13.2 Å². The summed E-state index contributed by atoms with van der Waals surface area (Å²) in [6.07, 6.45) is 3.21. The molecule has 29 heavy (non-hydrogen) atoms. The standard InChI is InChI=1S/C21H30N2O5S/c1-6-16(4)23(21(24)19-10-9-13-27-19)15-17-11-12-18(22(7-2)8-3)14-20(17)28-29(5,25)26/h9-14,16H,6-8,15H2,1-5H3. The van der Waals surface area contributed by atoms with E-state index in [0.29, 0.717) is 5.56 Å². The highest BCUT2D eigenvalue weighted by molar-refractivity contribution is 7.86. The Morgan fingerprint density at radius 2 is 1.86 bits per heavy atom. The molecule has 8 heteroatoms. The predicted octanol–water partition coefficient (Wildman–Crippen LogP) is 3.91. The first-order valence-electron chi connectivity index (χ1n) is 9.81. The molecule has 160 valence electrons. The number of carbonyl (C=O) groups excluding carboxylic acids is 1. The van der Waals surface area contributed by atoms with E-state index in [1.165, 1.54) is 6.26 Å². The molecular formula is C21H30N2O5S. The Morgan fingerprint density at radius 3 is 2.38 bits per heavy atom. The summed E-state index contributed by atoms with van der Waals surface area (Å²) in [7, 11) is -3.72. The van der Waals surface area contributed by atoms with Crippen molar-refractivity contribution in [2.75, 3.05) is 24.2 Å². The average molecular weight is 423 g/mol. The zero-order chi connectivity index (χ0) is 21.6. The number of hydrogen-bond acceptors (Lipinski definition) is 6. The van der Waals surface area contributed by atoms with Crippen LogP contribution in [0.1, 0.15) is 50.2 Å². The summed E-state index contributed by atoms with van der Waals surface area (Å²) in [4.78, 5) is 16.7. The third-order valence-corrected chi connectivity index (χ3v) is 5.36. The van der Waals surface area contributed by atoms with Gasteiger partial charge >= 0.3 is 10.1 Å². The number of amides is 1. The second-order valence-corrected chi connectivity index (χ2v) is 8.49. The lowest BCUT2D eigenvalue weighted by Gasteiger charge is -2.29. The molecule has 0 saturated heterocycles. The van der Waals surface area contributed by atoms with Crippen LogP contribution >= 0.6 is 0 Å². The minimum absolute atomic E-state index is 0.0684. The van der Waals surface area contributed by atoms with Crippen molar-refractivity contribution in [3.05, 3.63) is 47.9 Å². The maximum Gasteiger partial charge on any atom is 0.306 e. The molecule has 0 saturated carbocycles. The van der Waals surface area contributed by atoms with Gasteiger partial charge in [0.2, 0.25) is 0 Å². The molecule has 1 atom stereocenters. The summed E-state index contributed by atoms with van der Waals surface area (Å²) in [5.41, 5.74) is 1.48. The van der Waals surface area contributed by atoms with Crippen molar-refractivity contribution in [2.45, 2.75) is 46.7 Å². The van der Waals surface area contributed by atoms with Crippen LogP contribution < -0.4 is 9.08 Å². The van der Waals surface area contributed by atoms with Gasteiger partial charge < -0.3 is 18.4 Å². The average Bonchev–Trinajstić information content (AvgIpc) is 3.21. The normalized spacial score (nSPS) is 12.4. The van der Waals surface area contributed by atoms with Crippen LogP contribution in [0.2, 0.25) is 0 Å². The highest BCUT2D eigenvalue weighted by Gasteiger charge is 2.25. The van der Waals surface area contributed by atoms with E-state index in [-0.39, 0.29) is 30.0 Å². The summed E-state index contributed by atoms with van der Waals surface area (Å²) < 4.78 is 34.2. The Kier molecular flexibility index (Phi) is 7.73. The van der Waals surface area contributed by atoms with E-state index in [1.54, 1.807) is 23.1 Å². The van der Waals surface area contributed by atoms with Gasteiger partial charge in [0.15, 0.2) is 5.76 Å². The number of nitrogens with zero attached hydrogens (tertiary/aromatic N) is 2. The maximum atomic E-state index is 12.9. The highest BCUT2D eigenvalue weighted by atomic mass is 32.2. The fourth-order valence-corrected chi connectivity index (χ4v) is 3.55. The van der Waals surface area contributed by atoms with E-state index in [1.807, 2.05) is 39.8 Å². The molecule has 1 unspecified atom stereocenters. The van der Waals surface area contributed by atoms with Crippen LogP contribution in [0.25, 0.3) is 0 Å². The van der Waals surface area contributed by atoms with Crippen LogP contribution in [-0.2, 0) is 16.7 Å². The zero-order valence-electron chi connectivity index (χ0n) is 17.7. The zero-order valence-corrected chi connectivity index (χ0v) is 18.5. The fraction of sp³-hybridized carbons (Fsp3) is 0.476. The Balaban J connectivity index is 2.45. The lowest BCUT2D eigenvalue weighted by atomic mass is 10.1. The van der Waals surface area contributed by atoms with E-state index in [2.05, 4.69) is 4.90 Å². The van der Waals surface area contributed by atoms with Crippen molar-refractivity contribution in [1.29, 1.82) is 0 Å². The summed E-state index contributed by atoms with van der Waals surface area (Å²) in [5.74, 6) is 0.232. The molecule has 1 aromatic heterocycles. The second kappa shape index (κ2) is 9.82. The Morgan fingerprint density at radius 1 is 1.17 bits per heavy atom. The van der Waals surface area contributed by atoms with Crippen LogP contribution in [0.15, 0.2) is 41.0 Å². The molecule has 7 nitrogen and oxygen atoms in total. The topological polar surface area (TPSA) is 80.1 Å².